The summed E-state index contributed by atoms with van der Waals surface area (Å²) in [4.78, 5) is 27.8. The number of nitrogens with zero attached hydrogens (tertiary/aromatic N) is 7. The number of carbonyl (C=O) groups is 1. The quantitative estimate of drug-likeness (QED) is 0.478. The maximum Gasteiger partial charge on any atom is 0.321 e. The summed E-state index contributed by atoms with van der Waals surface area (Å²) in [6.45, 7) is 14.3. The average molecular weight is 501 g/mol. The van der Waals surface area contributed by atoms with Crippen molar-refractivity contribution in [1.29, 1.82) is 0 Å². The lowest BCUT2D eigenvalue weighted by Crippen LogP contribution is -2.28. The summed E-state index contributed by atoms with van der Waals surface area (Å²) in [5, 5.41) is 12.4. The Labute approximate surface area is 218 Å². The average Bonchev–Trinajstić information content (AvgIpc) is 3.41. The van der Waals surface area contributed by atoms with Crippen LogP contribution in [0.15, 0.2) is 52.6 Å². The Kier molecular flexibility index (Phi) is 7.16. The minimum Gasteiger partial charge on any atom is -0.372 e. The second kappa shape index (κ2) is 10.2. The first kappa shape index (κ1) is 26.1. The van der Waals surface area contributed by atoms with Gasteiger partial charge in [-0.25, -0.2) is 14.8 Å². The van der Waals surface area contributed by atoms with Crippen molar-refractivity contribution in [3.63, 3.8) is 0 Å². The van der Waals surface area contributed by atoms with Crippen LogP contribution in [-0.2, 0) is 0 Å². The normalized spacial score (nSPS) is 13.9. The Balaban J connectivity index is 1.84. The summed E-state index contributed by atoms with van der Waals surface area (Å²) < 4.78 is 0. The third-order valence-electron chi connectivity index (χ3n) is 6.23. The van der Waals surface area contributed by atoms with Crippen molar-refractivity contribution in [2.45, 2.75) is 41.5 Å². The fourth-order valence-electron chi connectivity index (χ4n) is 4.06. The smallest absolute Gasteiger partial charge is 0.321 e. The minimum absolute atomic E-state index is 0.223. The van der Waals surface area contributed by atoms with Crippen LogP contribution in [0.5, 0.6) is 0 Å². The highest BCUT2D eigenvalue weighted by Gasteiger charge is 2.35. The molecule has 0 bridgehead atoms. The van der Waals surface area contributed by atoms with Gasteiger partial charge in [-0.2, -0.15) is 5.10 Å². The zero-order valence-electron chi connectivity index (χ0n) is 23.0. The molecular weight excluding hydrogens is 464 g/mol. The van der Waals surface area contributed by atoms with Gasteiger partial charge in [-0.05, 0) is 39.0 Å². The van der Waals surface area contributed by atoms with E-state index in [2.05, 4.69) is 49.9 Å². The Hall–Kier alpha value is -4.01. The molecule has 1 aliphatic rings. The standard InChI is InChI=1S/C28H36N8O/c1-9-35(10-2)20-15-16-21(22(17-20)30-27(37)34(7)8)29-23-24(28(4,5)6)32-36-26(23)31-25(33-36)19-13-11-18(3)12-14-19/h11-17H,9-10H2,1-8H3,(H,30,37). The number of benzene rings is 2. The second-order valence-electron chi connectivity index (χ2n) is 10.4. The van der Waals surface area contributed by atoms with Gasteiger partial charge in [0.2, 0.25) is 5.82 Å². The number of aromatic nitrogens is 3. The van der Waals surface area contributed by atoms with E-state index in [9.17, 15) is 4.79 Å². The van der Waals surface area contributed by atoms with Crippen LogP contribution in [0.4, 0.5) is 21.9 Å². The number of rotatable bonds is 6. The third kappa shape index (κ3) is 5.40. The summed E-state index contributed by atoms with van der Waals surface area (Å²) >= 11 is 0. The summed E-state index contributed by atoms with van der Waals surface area (Å²) in [7, 11) is 3.43. The lowest BCUT2D eigenvalue weighted by molar-refractivity contribution is 0.230. The number of hydrogen-bond acceptors (Lipinski definition) is 6. The van der Waals surface area contributed by atoms with E-state index in [1.54, 1.807) is 18.9 Å². The van der Waals surface area contributed by atoms with Crippen LogP contribution in [0.3, 0.4) is 0 Å². The van der Waals surface area contributed by atoms with E-state index in [0.717, 1.165) is 30.1 Å². The van der Waals surface area contributed by atoms with Crippen LogP contribution < -0.4 is 10.2 Å². The largest absolute Gasteiger partial charge is 0.372 e. The zero-order chi connectivity index (χ0) is 26.9. The van der Waals surface area contributed by atoms with Crippen LogP contribution in [-0.4, -0.2) is 64.4 Å². The van der Waals surface area contributed by atoms with E-state index in [-0.39, 0.29) is 11.4 Å². The van der Waals surface area contributed by atoms with Crippen molar-refractivity contribution in [1.82, 2.24) is 19.8 Å². The molecule has 4 rings (SSSR count). The lowest BCUT2D eigenvalue weighted by Gasteiger charge is -2.23. The predicted octanol–water partition coefficient (Wildman–Crippen LogP) is 5.58. The van der Waals surface area contributed by atoms with Crippen LogP contribution >= 0.6 is 0 Å². The van der Waals surface area contributed by atoms with Gasteiger partial charge in [-0.15, -0.1) is 9.89 Å². The molecule has 2 amide bonds. The SMILES string of the molecule is CCN(CC)c1ccc(N=C2C(C(C)(C)C)=Nn3nc(-c4ccc(C)cc4)nc32)c(NC(=O)N(C)C)c1. The van der Waals surface area contributed by atoms with Gasteiger partial charge < -0.3 is 15.1 Å². The highest BCUT2D eigenvalue weighted by atomic mass is 16.2. The molecule has 0 aliphatic carbocycles. The number of fused-ring (bicyclic) bond motifs is 1. The number of hydrogen-bond donors (Lipinski definition) is 1. The van der Waals surface area contributed by atoms with Crippen LogP contribution in [0.2, 0.25) is 0 Å². The molecule has 2 heterocycles. The molecular formula is C28H36N8O. The first-order valence-corrected chi connectivity index (χ1v) is 12.6. The summed E-state index contributed by atoms with van der Waals surface area (Å²) in [6.07, 6.45) is 0. The summed E-state index contributed by atoms with van der Waals surface area (Å²) in [6, 6.07) is 13.8. The highest BCUT2D eigenvalue weighted by molar-refractivity contribution is 6.50. The minimum atomic E-state index is -0.292. The maximum atomic E-state index is 12.6. The molecule has 0 saturated carbocycles. The van der Waals surface area contributed by atoms with Gasteiger partial charge in [0.25, 0.3) is 0 Å². The predicted molar refractivity (Wildman–Crippen MR) is 151 cm³/mol. The fraction of sp³-hybridized carbons (Fsp3) is 0.393. The van der Waals surface area contributed by atoms with Crippen molar-refractivity contribution < 1.29 is 4.79 Å². The van der Waals surface area contributed by atoms with Crippen LogP contribution in [0.25, 0.3) is 11.4 Å². The Morgan fingerprint density at radius 3 is 2.32 bits per heavy atom. The molecule has 0 fully saturated rings. The van der Waals surface area contributed by atoms with E-state index in [4.69, 9.17) is 15.1 Å². The third-order valence-corrected chi connectivity index (χ3v) is 6.23. The van der Waals surface area contributed by atoms with Gasteiger partial charge in [0.05, 0.1) is 17.1 Å². The molecule has 3 aromatic rings. The molecule has 0 spiro atoms. The van der Waals surface area contributed by atoms with Gasteiger partial charge >= 0.3 is 6.03 Å². The molecule has 0 saturated heterocycles. The lowest BCUT2D eigenvalue weighted by atomic mass is 9.87. The molecule has 1 N–H and O–H groups in total. The van der Waals surface area contributed by atoms with E-state index >= 15 is 0 Å². The Morgan fingerprint density at radius 1 is 1.05 bits per heavy atom. The van der Waals surface area contributed by atoms with Crippen LogP contribution in [0, 0.1) is 12.3 Å². The molecule has 2 aromatic carbocycles. The van der Waals surface area contributed by atoms with Gasteiger partial charge in [0.1, 0.15) is 5.71 Å². The number of aliphatic imine (C=N–C) groups is 1. The van der Waals surface area contributed by atoms with E-state index in [1.165, 1.54) is 10.5 Å². The monoisotopic (exact) mass is 500 g/mol. The van der Waals surface area contributed by atoms with Gasteiger partial charge in [-0.3, -0.25) is 0 Å². The fourth-order valence-corrected chi connectivity index (χ4v) is 4.06. The van der Waals surface area contributed by atoms with E-state index < -0.39 is 0 Å². The van der Waals surface area contributed by atoms with Crippen molar-refractivity contribution >= 4 is 34.5 Å². The molecule has 0 unspecified atom stereocenters. The molecule has 1 aliphatic heterocycles. The Morgan fingerprint density at radius 2 is 1.73 bits per heavy atom. The summed E-state index contributed by atoms with van der Waals surface area (Å²) in [5.41, 5.74) is 5.51. The number of anilines is 2. The first-order chi connectivity index (χ1) is 17.5. The Bertz CT molecular complexity index is 1360. The maximum absolute atomic E-state index is 12.6. The van der Waals surface area contributed by atoms with Crippen LogP contribution in [0.1, 0.15) is 46.0 Å². The molecule has 9 nitrogen and oxygen atoms in total. The number of aryl methyl sites for hydroxylation is 1. The number of carbonyl (C=O) groups excluding carboxylic acids is 1. The van der Waals surface area contributed by atoms with E-state index in [0.29, 0.717) is 28.7 Å². The molecule has 9 heteroatoms. The zero-order valence-corrected chi connectivity index (χ0v) is 23.0. The van der Waals surface area contributed by atoms with Crippen molar-refractivity contribution in [2.24, 2.45) is 15.5 Å². The van der Waals surface area contributed by atoms with Gasteiger partial charge in [0.15, 0.2) is 5.82 Å². The first-order valence-electron chi connectivity index (χ1n) is 12.6. The topological polar surface area (TPSA) is 91.0 Å². The van der Waals surface area contributed by atoms with Crippen molar-refractivity contribution in [3.05, 3.63) is 53.9 Å². The summed E-state index contributed by atoms with van der Waals surface area (Å²) in [5.74, 6) is 1.18. The molecule has 37 heavy (non-hydrogen) atoms. The van der Waals surface area contributed by atoms with Gasteiger partial charge in [0, 0.05) is 43.9 Å². The number of nitrogens with one attached hydrogen (secondary N) is 1. The number of amides is 2. The molecule has 194 valence electrons. The molecule has 1 aromatic heterocycles. The van der Waals surface area contributed by atoms with Crippen molar-refractivity contribution in [2.75, 3.05) is 37.4 Å². The highest BCUT2D eigenvalue weighted by Crippen LogP contribution is 2.34. The second-order valence-corrected chi connectivity index (χ2v) is 10.4. The molecule has 0 radical (unpaired) electrons. The van der Waals surface area contributed by atoms with E-state index in [1.807, 2.05) is 49.4 Å². The molecule has 0 atom stereocenters. The number of urea groups is 1. The van der Waals surface area contributed by atoms with Crippen molar-refractivity contribution in [3.8, 4) is 11.4 Å². The van der Waals surface area contributed by atoms with Gasteiger partial charge in [-0.1, -0.05) is 50.6 Å².